The van der Waals surface area contributed by atoms with E-state index in [1.807, 2.05) is 67.6 Å². The molecule has 0 fully saturated rings. The number of benzene rings is 3. The van der Waals surface area contributed by atoms with E-state index in [-0.39, 0.29) is 5.91 Å². The first-order chi connectivity index (χ1) is 15.5. The normalized spacial score (nSPS) is 14.5. The van der Waals surface area contributed by atoms with E-state index in [9.17, 15) is 4.79 Å². The lowest BCUT2D eigenvalue weighted by Gasteiger charge is -2.20. The molecule has 4 rings (SSSR count). The highest BCUT2D eigenvalue weighted by Gasteiger charge is 2.33. The number of hydrogen-bond acceptors (Lipinski definition) is 5. The third-order valence-electron chi connectivity index (χ3n) is 5.19. The van der Waals surface area contributed by atoms with Gasteiger partial charge in [-0.15, -0.1) is 0 Å². The summed E-state index contributed by atoms with van der Waals surface area (Å²) in [6.45, 7) is 1.99. The van der Waals surface area contributed by atoms with Crippen LogP contribution in [0.2, 0.25) is 0 Å². The molecule has 0 aromatic heterocycles. The molecular formula is C26H24N2O4. The number of carbonyl (C=O) groups excluding carboxylic acids is 1. The zero-order valence-corrected chi connectivity index (χ0v) is 18.5. The molecule has 3 aromatic carbocycles. The van der Waals surface area contributed by atoms with E-state index in [4.69, 9.17) is 19.2 Å². The molecule has 3 aromatic rings. The number of para-hydroxylation sites is 1. The highest BCUT2D eigenvalue weighted by atomic mass is 16.5. The summed E-state index contributed by atoms with van der Waals surface area (Å²) >= 11 is 0. The molecule has 162 valence electrons. The minimum Gasteiger partial charge on any atom is -0.496 e. The topological polar surface area (TPSA) is 60.4 Å². The second-order valence-corrected chi connectivity index (χ2v) is 7.26. The van der Waals surface area contributed by atoms with Crippen LogP contribution in [0.1, 0.15) is 16.7 Å². The van der Waals surface area contributed by atoms with Gasteiger partial charge in [0, 0.05) is 11.1 Å². The predicted molar refractivity (Wildman–Crippen MR) is 126 cm³/mol. The Labute approximate surface area is 187 Å². The van der Waals surface area contributed by atoms with Gasteiger partial charge in [-0.25, -0.2) is 4.99 Å². The van der Waals surface area contributed by atoms with Crippen LogP contribution in [-0.2, 0) is 4.79 Å². The van der Waals surface area contributed by atoms with Gasteiger partial charge in [0.1, 0.15) is 17.3 Å². The lowest BCUT2D eigenvalue weighted by molar-refractivity contribution is -0.113. The van der Waals surface area contributed by atoms with Crippen LogP contribution in [0.25, 0.3) is 6.08 Å². The largest absolute Gasteiger partial charge is 0.496 e. The summed E-state index contributed by atoms with van der Waals surface area (Å²) in [5.74, 6) is 2.14. The average molecular weight is 428 g/mol. The van der Waals surface area contributed by atoms with Crippen LogP contribution in [-0.4, -0.2) is 33.1 Å². The summed E-state index contributed by atoms with van der Waals surface area (Å²) in [7, 11) is 4.76. The van der Waals surface area contributed by atoms with E-state index in [0.29, 0.717) is 28.8 Å². The Kier molecular flexibility index (Phi) is 5.94. The van der Waals surface area contributed by atoms with E-state index in [1.54, 1.807) is 38.4 Å². The summed E-state index contributed by atoms with van der Waals surface area (Å²) in [5.41, 5.74) is 3.62. The molecule has 32 heavy (non-hydrogen) atoms. The number of methoxy groups -OCH3 is 3. The van der Waals surface area contributed by atoms with Crippen molar-refractivity contribution in [2.45, 2.75) is 6.92 Å². The maximum absolute atomic E-state index is 13.5. The van der Waals surface area contributed by atoms with Crippen molar-refractivity contribution in [1.82, 2.24) is 0 Å². The number of anilines is 1. The van der Waals surface area contributed by atoms with E-state index < -0.39 is 0 Å². The number of aliphatic imine (C=N–C) groups is 1. The summed E-state index contributed by atoms with van der Waals surface area (Å²) in [6, 6.07) is 20.8. The molecule has 0 spiro atoms. The highest BCUT2D eigenvalue weighted by molar-refractivity contribution is 6.33. The standard InChI is InChI=1S/C26H24N2O4/c1-17-8-7-10-20(14-17)28-25(19-12-13-23(31-3)24(16-19)32-4)27-21(26(28)29)15-18-9-5-6-11-22(18)30-2/h5-16H,1-4H3/b21-15+. The fourth-order valence-electron chi connectivity index (χ4n) is 3.63. The fraction of sp³-hybridized carbons (Fsp3) is 0.154. The number of amides is 1. The van der Waals surface area contributed by atoms with Crippen LogP contribution in [0, 0.1) is 6.92 Å². The molecule has 1 heterocycles. The monoisotopic (exact) mass is 428 g/mol. The molecule has 1 aliphatic rings. The van der Waals surface area contributed by atoms with Crippen LogP contribution in [0.4, 0.5) is 5.69 Å². The van der Waals surface area contributed by atoms with Crippen molar-refractivity contribution < 1.29 is 19.0 Å². The quantitative estimate of drug-likeness (QED) is 0.527. The Morgan fingerprint density at radius 2 is 1.56 bits per heavy atom. The molecule has 0 aliphatic carbocycles. The molecule has 0 unspecified atom stereocenters. The maximum atomic E-state index is 13.5. The van der Waals surface area contributed by atoms with Crippen molar-refractivity contribution in [1.29, 1.82) is 0 Å². The Balaban J connectivity index is 1.87. The molecule has 1 amide bonds. The van der Waals surface area contributed by atoms with E-state index in [2.05, 4.69) is 0 Å². The first kappa shape index (κ1) is 21.2. The molecule has 0 atom stereocenters. The number of aryl methyl sites for hydroxylation is 1. The van der Waals surface area contributed by atoms with Crippen LogP contribution in [0.15, 0.2) is 77.4 Å². The van der Waals surface area contributed by atoms with Gasteiger partial charge in [0.15, 0.2) is 11.5 Å². The summed E-state index contributed by atoms with van der Waals surface area (Å²) in [5, 5.41) is 0. The van der Waals surface area contributed by atoms with Gasteiger partial charge >= 0.3 is 0 Å². The van der Waals surface area contributed by atoms with Crippen molar-refractivity contribution >= 4 is 23.5 Å². The second kappa shape index (κ2) is 8.98. The Bertz CT molecular complexity index is 1230. The number of hydrogen-bond donors (Lipinski definition) is 0. The third-order valence-corrected chi connectivity index (χ3v) is 5.19. The number of nitrogens with zero attached hydrogens (tertiary/aromatic N) is 2. The lowest BCUT2D eigenvalue weighted by atomic mass is 10.1. The second-order valence-electron chi connectivity index (χ2n) is 7.26. The lowest BCUT2D eigenvalue weighted by Crippen LogP contribution is -2.32. The molecule has 1 aliphatic heterocycles. The van der Waals surface area contributed by atoms with Gasteiger partial charge in [0.25, 0.3) is 5.91 Å². The van der Waals surface area contributed by atoms with Crippen molar-refractivity contribution in [3.8, 4) is 17.2 Å². The molecular weight excluding hydrogens is 404 g/mol. The number of amidine groups is 1. The molecule has 0 N–H and O–H groups in total. The van der Waals surface area contributed by atoms with Crippen LogP contribution >= 0.6 is 0 Å². The zero-order chi connectivity index (χ0) is 22.7. The van der Waals surface area contributed by atoms with Gasteiger partial charge in [-0.05, 0) is 55.0 Å². The van der Waals surface area contributed by atoms with Gasteiger partial charge in [0.05, 0.1) is 27.0 Å². The number of carbonyl (C=O) groups is 1. The Morgan fingerprint density at radius 3 is 2.28 bits per heavy atom. The summed E-state index contributed by atoms with van der Waals surface area (Å²) in [4.78, 5) is 19.9. The number of rotatable bonds is 6. The smallest absolute Gasteiger partial charge is 0.282 e. The van der Waals surface area contributed by atoms with Gasteiger partial charge < -0.3 is 14.2 Å². The van der Waals surface area contributed by atoms with Gasteiger partial charge in [-0.1, -0.05) is 30.3 Å². The molecule has 0 saturated carbocycles. The molecule has 6 heteroatoms. The average Bonchev–Trinajstić information content (AvgIpc) is 3.14. The predicted octanol–water partition coefficient (Wildman–Crippen LogP) is 4.86. The third kappa shape index (κ3) is 3.95. The maximum Gasteiger partial charge on any atom is 0.282 e. The van der Waals surface area contributed by atoms with Gasteiger partial charge in [-0.3, -0.25) is 9.69 Å². The zero-order valence-electron chi connectivity index (χ0n) is 18.5. The SMILES string of the molecule is COc1ccccc1/C=C1/N=C(c2ccc(OC)c(OC)c2)N(c2cccc(C)c2)C1=O. The van der Waals surface area contributed by atoms with E-state index in [1.165, 1.54) is 0 Å². The highest BCUT2D eigenvalue weighted by Crippen LogP contribution is 2.33. The van der Waals surface area contributed by atoms with Crippen LogP contribution < -0.4 is 19.1 Å². The van der Waals surface area contributed by atoms with Gasteiger partial charge in [-0.2, -0.15) is 0 Å². The van der Waals surface area contributed by atoms with Crippen molar-refractivity contribution in [3.05, 3.63) is 89.1 Å². The van der Waals surface area contributed by atoms with Gasteiger partial charge in [0.2, 0.25) is 0 Å². The minimum atomic E-state index is -0.216. The summed E-state index contributed by atoms with van der Waals surface area (Å²) in [6.07, 6.45) is 1.75. The van der Waals surface area contributed by atoms with Crippen molar-refractivity contribution in [2.75, 3.05) is 26.2 Å². The molecule has 6 nitrogen and oxygen atoms in total. The molecule has 0 saturated heterocycles. The first-order valence-corrected chi connectivity index (χ1v) is 10.1. The Hall–Kier alpha value is -4.06. The van der Waals surface area contributed by atoms with E-state index >= 15 is 0 Å². The van der Waals surface area contributed by atoms with Crippen LogP contribution in [0.3, 0.4) is 0 Å². The molecule has 0 radical (unpaired) electrons. The van der Waals surface area contributed by atoms with Crippen molar-refractivity contribution in [3.63, 3.8) is 0 Å². The first-order valence-electron chi connectivity index (χ1n) is 10.1. The Morgan fingerprint density at radius 1 is 0.812 bits per heavy atom. The minimum absolute atomic E-state index is 0.216. The molecule has 0 bridgehead atoms. The fourth-order valence-corrected chi connectivity index (χ4v) is 3.63. The van der Waals surface area contributed by atoms with E-state index in [0.717, 1.165) is 22.4 Å². The summed E-state index contributed by atoms with van der Waals surface area (Å²) < 4.78 is 16.3. The van der Waals surface area contributed by atoms with Crippen LogP contribution in [0.5, 0.6) is 17.2 Å². The number of ether oxygens (including phenoxy) is 3. The van der Waals surface area contributed by atoms with Crippen molar-refractivity contribution in [2.24, 2.45) is 4.99 Å².